The van der Waals surface area contributed by atoms with Crippen LogP contribution in [0.1, 0.15) is 0 Å². The van der Waals surface area contributed by atoms with Gasteiger partial charge in [0.1, 0.15) is 5.75 Å². The van der Waals surface area contributed by atoms with Gasteiger partial charge < -0.3 is 13.6 Å². The zero-order valence-corrected chi connectivity index (χ0v) is 12.2. The van der Waals surface area contributed by atoms with E-state index in [2.05, 4.69) is 20.5 Å². The number of ether oxygens (including phenoxy) is 1. The Kier molecular flexibility index (Phi) is 3.16. The second-order valence-corrected chi connectivity index (χ2v) is 4.73. The second-order valence-electron chi connectivity index (χ2n) is 4.73. The highest BCUT2D eigenvalue weighted by molar-refractivity contribution is 5.81. The van der Waals surface area contributed by atoms with Gasteiger partial charge in [-0.2, -0.15) is 4.98 Å². The predicted octanol–water partition coefficient (Wildman–Crippen LogP) is 3.63. The number of fused-ring (bicyclic) bond motifs is 1. The van der Waals surface area contributed by atoms with Gasteiger partial charge in [-0.15, -0.1) is 5.10 Å². The van der Waals surface area contributed by atoms with Crippen LogP contribution in [0.5, 0.6) is 5.75 Å². The van der Waals surface area contributed by atoms with Crippen LogP contribution in [0.15, 0.2) is 57.4 Å². The maximum absolute atomic E-state index is 5.60. The Morgan fingerprint density at radius 2 is 1.78 bits per heavy atom. The van der Waals surface area contributed by atoms with Crippen LogP contribution in [0.25, 0.3) is 22.6 Å². The third kappa shape index (κ3) is 2.48. The van der Waals surface area contributed by atoms with Crippen molar-refractivity contribution in [1.29, 1.82) is 0 Å². The van der Waals surface area contributed by atoms with Crippen molar-refractivity contribution in [2.75, 3.05) is 12.4 Å². The quantitative estimate of drug-likeness (QED) is 0.616. The van der Waals surface area contributed by atoms with Gasteiger partial charge in [-0.05, 0) is 24.3 Å². The Hall–Kier alpha value is -3.35. The second kappa shape index (κ2) is 5.45. The lowest BCUT2D eigenvalue weighted by Crippen LogP contribution is -1.90. The number of hydrogen-bond acceptors (Lipinski definition) is 7. The van der Waals surface area contributed by atoms with Crippen molar-refractivity contribution >= 4 is 23.1 Å². The molecule has 7 nitrogen and oxygen atoms in total. The lowest BCUT2D eigenvalue weighted by atomic mass is 10.2. The molecule has 0 aliphatic rings. The van der Waals surface area contributed by atoms with E-state index in [0.29, 0.717) is 22.7 Å². The van der Waals surface area contributed by atoms with Crippen molar-refractivity contribution < 1.29 is 13.6 Å². The summed E-state index contributed by atoms with van der Waals surface area (Å²) in [5, 5.41) is 10.8. The van der Waals surface area contributed by atoms with Crippen LogP contribution >= 0.6 is 0 Å². The third-order valence-electron chi connectivity index (χ3n) is 3.26. The van der Waals surface area contributed by atoms with E-state index >= 15 is 0 Å². The number of benzene rings is 2. The number of methoxy groups -OCH3 is 1. The summed E-state index contributed by atoms with van der Waals surface area (Å²) in [5.41, 5.74) is 2.07. The summed E-state index contributed by atoms with van der Waals surface area (Å²) in [5.74, 6) is 1.05. The maximum Gasteiger partial charge on any atom is 0.323 e. The summed E-state index contributed by atoms with van der Waals surface area (Å²) in [6.07, 6.45) is 0. The van der Waals surface area contributed by atoms with E-state index in [1.54, 1.807) is 13.2 Å². The third-order valence-corrected chi connectivity index (χ3v) is 3.26. The van der Waals surface area contributed by atoms with Gasteiger partial charge in [-0.3, -0.25) is 5.32 Å². The van der Waals surface area contributed by atoms with E-state index in [4.69, 9.17) is 13.6 Å². The van der Waals surface area contributed by atoms with E-state index in [-0.39, 0.29) is 12.0 Å². The van der Waals surface area contributed by atoms with Gasteiger partial charge in [0, 0.05) is 5.56 Å². The van der Waals surface area contributed by atoms with Crippen molar-refractivity contribution in [1.82, 2.24) is 15.2 Å². The summed E-state index contributed by atoms with van der Waals surface area (Å²) < 4.78 is 16.4. The lowest BCUT2D eigenvalue weighted by Gasteiger charge is -1.96. The Morgan fingerprint density at radius 1 is 0.913 bits per heavy atom. The van der Waals surface area contributed by atoms with Crippen LogP contribution in [0.4, 0.5) is 12.0 Å². The summed E-state index contributed by atoms with van der Waals surface area (Å²) in [7, 11) is 1.58. The predicted molar refractivity (Wildman–Crippen MR) is 83.6 cm³/mol. The first-order valence-electron chi connectivity index (χ1n) is 6.93. The first-order valence-corrected chi connectivity index (χ1v) is 6.93. The van der Waals surface area contributed by atoms with Crippen LogP contribution in [-0.4, -0.2) is 22.3 Å². The molecule has 0 saturated heterocycles. The Morgan fingerprint density at radius 3 is 2.61 bits per heavy atom. The summed E-state index contributed by atoms with van der Waals surface area (Å²) in [4.78, 5) is 4.33. The molecule has 0 radical (unpaired) electrons. The number of hydrogen-bond donors (Lipinski definition) is 1. The molecule has 0 amide bonds. The first-order chi connectivity index (χ1) is 11.3. The average molecular weight is 308 g/mol. The van der Waals surface area contributed by atoms with Gasteiger partial charge in [-0.1, -0.05) is 29.4 Å². The molecule has 2 heterocycles. The molecule has 0 saturated carbocycles. The molecule has 0 aliphatic heterocycles. The van der Waals surface area contributed by atoms with E-state index < -0.39 is 0 Å². The molecule has 4 rings (SSSR count). The number of nitrogens with zero attached hydrogens (tertiary/aromatic N) is 3. The minimum absolute atomic E-state index is 0.203. The topological polar surface area (TPSA) is 86.2 Å². The summed E-state index contributed by atoms with van der Waals surface area (Å²) >= 11 is 0. The molecule has 2 aromatic carbocycles. The van der Waals surface area contributed by atoms with E-state index in [1.165, 1.54) is 0 Å². The fraction of sp³-hybridized carbons (Fsp3) is 0.0625. The molecular weight excluding hydrogens is 296 g/mol. The van der Waals surface area contributed by atoms with Crippen LogP contribution in [0.2, 0.25) is 0 Å². The first kappa shape index (κ1) is 13.3. The van der Waals surface area contributed by atoms with Crippen molar-refractivity contribution in [3.63, 3.8) is 0 Å². The molecule has 4 aromatic rings. The zero-order chi connectivity index (χ0) is 15.6. The van der Waals surface area contributed by atoms with Crippen molar-refractivity contribution in [2.24, 2.45) is 0 Å². The van der Waals surface area contributed by atoms with Crippen molar-refractivity contribution in [3.8, 4) is 17.2 Å². The number of rotatable bonds is 4. The Balaban J connectivity index is 1.63. The smallest absolute Gasteiger partial charge is 0.323 e. The maximum atomic E-state index is 5.60. The highest BCUT2D eigenvalue weighted by Crippen LogP contribution is 2.29. The molecule has 0 spiro atoms. The summed E-state index contributed by atoms with van der Waals surface area (Å²) in [6.45, 7) is 0. The summed E-state index contributed by atoms with van der Waals surface area (Å²) in [6, 6.07) is 15.4. The normalized spacial score (nSPS) is 10.8. The molecule has 2 aromatic heterocycles. The molecule has 0 fully saturated rings. The molecule has 0 unspecified atom stereocenters. The molecule has 7 heteroatoms. The fourth-order valence-electron chi connectivity index (χ4n) is 2.20. The van der Waals surface area contributed by atoms with Gasteiger partial charge in [0.15, 0.2) is 11.1 Å². The number of para-hydroxylation sites is 1. The highest BCUT2D eigenvalue weighted by Gasteiger charge is 2.13. The van der Waals surface area contributed by atoms with Gasteiger partial charge in [0.2, 0.25) is 5.89 Å². The molecule has 1 N–H and O–H groups in total. The molecule has 23 heavy (non-hydrogen) atoms. The van der Waals surface area contributed by atoms with Crippen LogP contribution in [0.3, 0.4) is 0 Å². The van der Waals surface area contributed by atoms with Crippen molar-refractivity contribution in [2.45, 2.75) is 0 Å². The minimum Gasteiger partial charge on any atom is -0.494 e. The van der Waals surface area contributed by atoms with Crippen LogP contribution < -0.4 is 10.1 Å². The largest absolute Gasteiger partial charge is 0.494 e. The lowest BCUT2D eigenvalue weighted by molar-refractivity contribution is 0.419. The standard InChI is InChI=1S/C16H12N4O3/c1-21-11-8-5-9-12-13(11)17-15(22-12)18-16-20-19-14(23-16)10-6-3-2-4-7-10/h2-9H,1H3,(H,17,18,20). The minimum atomic E-state index is 0.203. The molecular formula is C16H12N4O3. The Bertz CT molecular complexity index is 946. The zero-order valence-electron chi connectivity index (χ0n) is 12.2. The van der Waals surface area contributed by atoms with Gasteiger partial charge >= 0.3 is 12.0 Å². The number of nitrogens with one attached hydrogen (secondary N) is 1. The van der Waals surface area contributed by atoms with Crippen LogP contribution in [0, 0.1) is 0 Å². The molecule has 0 aliphatic carbocycles. The van der Waals surface area contributed by atoms with E-state index in [0.717, 1.165) is 5.56 Å². The molecule has 0 bridgehead atoms. The molecule has 0 atom stereocenters. The Labute approximate surface area is 130 Å². The fourth-order valence-corrected chi connectivity index (χ4v) is 2.20. The van der Waals surface area contributed by atoms with E-state index in [9.17, 15) is 0 Å². The monoisotopic (exact) mass is 308 g/mol. The number of aromatic nitrogens is 3. The number of oxazole rings is 1. The SMILES string of the molecule is COc1cccc2oc(Nc3nnc(-c4ccccc4)o3)nc12. The van der Waals surface area contributed by atoms with Gasteiger partial charge in [0.25, 0.3) is 0 Å². The van der Waals surface area contributed by atoms with Gasteiger partial charge in [-0.25, -0.2) is 0 Å². The van der Waals surface area contributed by atoms with Crippen molar-refractivity contribution in [3.05, 3.63) is 48.5 Å². The van der Waals surface area contributed by atoms with Crippen LogP contribution in [-0.2, 0) is 0 Å². The van der Waals surface area contributed by atoms with Gasteiger partial charge in [0.05, 0.1) is 7.11 Å². The highest BCUT2D eigenvalue weighted by atomic mass is 16.5. The molecule has 114 valence electrons. The average Bonchev–Trinajstić information content (AvgIpc) is 3.22. The van der Waals surface area contributed by atoms with E-state index in [1.807, 2.05) is 42.5 Å². The number of anilines is 2.